The van der Waals surface area contributed by atoms with Crippen molar-refractivity contribution >= 4 is 0 Å². The summed E-state index contributed by atoms with van der Waals surface area (Å²) in [7, 11) is 3.22. The summed E-state index contributed by atoms with van der Waals surface area (Å²) in [6.07, 6.45) is 0. The lowest BCUT2D eigenvalue weighted by atomic mass is 10.2. The average Bonchev–Trinajstić information content (AvgIpc) is 3.04. The van der Waals surface area contributed by atoms with E-state index < -0.39 is 0 Å². The van der Waals surface area contributed by atoms with Crippen LogP contribution in [-0.4, -0.2) is 59.0 Å². The van der Waals surface area contributed by atoms with Gasteiger partial charge in [0.05, 0.1) is 20.8 Å². The molecule has 0 saturated heterocycles. The molecule has 0 atom stereocenters. The van der Waals surface area contributed by atoms with Gasteiger partial charge in [-0.25, -0.2) is 0 Å². The summed E-state index contributed by atoms with van der Waals surface area (Å²) in [6, 6.07) is 5.59. The van der Waals surface area contributed by atoms with Gasteiger partial charge in [-0.2, -0.15) is 4.80 Å². The largest absolute Gasteiger partial charge is 0.493 e. The highest BCUT2D eigenvalue weighted by atomic mass is 16.5. The zero-order chi connectivity index (χ0) is 15.9. The minimum atomic E-state index is 0.584. The molecule has 0 aliphatic carbocycles. The predicted molar refractivity (Wildman–Crippen MR) is 84.1 cm³/mol. The number of nitrogens with zero attached hydrogens (tertiary/aromatic N) is 5. The quantitative estimate of drug-likeness (QED) is 0.739. The van der Waals surface area contributed by atoms with Gasteiger partial charge < -0.3 is 14.4 Å². The molecule has 0 saturated carbocycles. The first kappa shape index (κ1) is 16.2. The number of ether oxygens (including phenoxy) is 2. The van der Waals surface area contributed by atoms with Crippen LogP contribution in [0.15, 0.2) is 18.2 Å². The Labute approximate surface area is 130 Å². The van der Waals surface area contributed by atoms with E-state index in [4.69, 9.17) is 9.47 Å². The molecular weight excluding hydrogens is 282 g/mol. The third-order valence-corrected chi connectivity index (χ3v) is 3.61. The second-order valence-corrected chi connectivity index (χ2v) is 4.81. The van der Waals surface area contributed by atoms with Gasteiger partial charge in [0.2, 0.25) is 5.82 Å². The summed E-state index contributed by atoms with van der Waals surface area (Å²) in [5.74, 6) is 1.92. The molecule has 2 aromatic rings. The molecule has 0 unspecified atom stereocenters. The zero-order valence-corrected chi connectivity index (χ0v) is 13.6. The Bertz CT molecular complexity index is 595. The fourth-order valence-corrected chi connectivity index (χ4v) is 2.20. The molecule has 0 N–H and O–H groups in total. The maximum atomic E-state index is 5.30. The van der Waals surface area contributed by atoms with Crippen molar-refractivity contribution in [1.29, 1.82) is 0 Å². The Kier molecular flexibility index (Phi) is 5.71. The van der Waals surface area contributed by atoms with Gasteiger partial charge in [0, 0.05) is 12.1 Å². The highest BCUT2D eigenvalue weighted by molar-refractivity contribution is 5.60. The minimum Gasteiger partial charge on any atom is -0.493 e. The van der Waals surface area contributed by atoms with Gasteiger partial charge in [-0.1, -0.05) is 13.8 Å². The van der Waals surface area contributed by atoms with E-state index in [-0.39, 0.29) is 0 Å². The summed E-state index contributed by atoms with van der Waals surface area (Å²) in [5.41, 5.74) is 0.853. The van der Waals surface area contributed by atoms with Crippen LogP contribution in [-0.2, 0) is 6.54 Å². The Morgan fingerprint density at radius 1 is 1.09 bits per heavy atom. The van der Waals surface area contributed by atoms with Gasteiger partial charge in [-0.3, -0.25) is 0 Å². The third kappa shape index (κ3) is 3.73. The summed E-state index contributed by atoms with van der Waals surface area (Å²) >= 11 is 0. The van der Waals surface area contributed by atoms with Crippen LogP contribution in [0.25, 0.3) is 11.4 Å². The number of benzene rings is 1. The topological polar surface area (TPSA) is 65.3 Å². The molecule has 0 spiro atoms. The van der Waals surface area contributed by atoms with Gasteiger partial charge >= 0.3 is 0 Å². The lowest BCUT2D eigenvalue weighted by molar-refractivity contribution is 0.277. The highest BCUT2D eigenvalue weighted by Crippen LogP contribution is 2.30. The molecule has 120 valence electrons. The van der Waals surface area contributed by atoms with E-state index in [0.29, 0.717) is 17.3 Å². The van der Waals surface area contributed by atoms with E-state index in [1.807, 2.05) is 18.2 Å². The van der Waals surface area contributed by atoms with E-state index in [1.54, 1.807) is 19.0 Å². The number of likely N-dealkylation sites (N-methyl/N-ethyl adjacent to an activating group) is 1. The fraction of sp³-hybridized carbons (Fsp3) is 0.533. The molecule has 0 radical (unpaired) electrons. The first-order chi connectivity index (χ1) is 10.7. The molecule has 1 aromatic carbocycles. The number of methoxy groups -OCH3 is 2. The Morgan fingerprint density at radius 2 is 1.82 bits per heavy atom. The Morgan fingerprint density at radius 3 is 2.45 bits per heavy atom. The molecule has 0 fully saturated rings. The summed E-state index contributed by atoms with van der Waals surface area (Å²) < 4.78 is 10.5. The van der Waals surface area contributed by atoms with Crippen molar-refractivity contribution in [3.8, 4) is 22.9 Å². The third-order valence-electron chi connectivity index (χ3n) is 3.61. The SMILES string of the molecule is CCN(CC)CCn1nnc(-c2ccc(OC)c(OC)c2)n1. The average molecular weight is 305 g/mol. The van der Waals surface area contributed by atoms with Crippen LogP contribution in [0.1, 0.15) is 13.8 Å². The molecule has 7 heteroatoms. The van der Waals surface area contributed by atoms with E-state index in [2.05, 4.69) is 34.2 Å². The number of hydrogen-bond acceptors (Lipinski definition) is 6. The van der Waals surface area contributed by atoms with Crippen molar-refractivity contribution < 1.29 is 9.47 Å². The van der Waals surface area contributed by atoms with Crippen molar-refractivity contribution in [2.75, 3.05) is 33.9 Å². The monoisotopic (exact) mass is 305 g/mol. The van der Waals surface area contributed by atoms with E-state index in [1.165, 1.54) is 0 Å². The molecule has 2 rings (SSSR count). The van der Waals surface area contributed by atoms with Gasteiger partial charge in [0.25, 0.3) is 0 Å². The van der Waals surface area contributed by atoms with Crippen LogP contribution in [0.3, 0.4) is 0 Å². The van der Waals surface area contributed by atoms with Crippen LogP contribution in [0, 0.1) is 0 Å². The minimum absolute atomic E-state index is 0.584. The smallest absolute Gasteiger partial charge is 0.205 e. The Balaban J connectivity index is 2.11. The molecule has 1 heterocycles. The first-order valence-corrected chi connectivity index (χ1v) is 7.44. The van der Waals surface area contributed by atoms with Crippen LogP contribution >= 0.6 is 0 Å². The van der Waals surface area contributed by atoms with Crippen LogP contribution in [0.2, 0.25) is 0 Å². The number of aromatic nitrogens is 4. The van der Waals surface area contributed by atoms with Crippen molar-refractivity contribution in [3.63, 3.8) is 0 Å². The van der Waals surface area contributed by atoms with Crippen molar-refractivity contribution in [2.24, 2.45) is 0 Å². The zero-order valence-electron chi connectivity index (χ0n) is 13.6. The van der Waals surface area contributed by atoms with E-state index in [9.17, 15) is 0 Å². The Hall–Kier alpha value is -2.15. The fourth-order valence-electron chi connectivity index (χ4n) is 2.20. The van der Waals surface area contributed by atoms with Crippen molar-refractivity contribution in [1.82, 2.24) is 25.1 Å². The summed E-state index contributed by atoms with van der Waals surface area (Å²) in [6.45, 7) is 7.97. The van der Waals surface area contributed by atoms with Gasteiger partial charge in [-0.05, 0) is 36.5 Å². The summed E-state index contributed by atoms with van der Waals surface area (Å²) in [4.78, 5) is 3.95. The van der Waals surface area contributed by atoms with Crippen molar-refractivity contribution in [2.45, 2.75) is 20.4 Å². The lowest BCUT2D eigenvalue weighted by Crippen LogP contribution is -2.27. The molecule has 0 aliphatic rings. The molecule has 0 aliphatic heterocycles. The van der Waals surface area contributed by atoms with Crippen LogP contribution in [0.4, 0.5) is 0 Å². The van der Waals surface area contributed by atoms with Crippen molar-refractivity contribution in [3.05, 3.63) is 18.2 Å². The number of tetrazole rings is 1. The highest BCUT2D eigenvalue weighted by Gasteiger charge is 2.11. The van der Waals surface area contributed by atoms with Gasteiger partial charge in [0.15, 0.2) is 11.5 Å². The number of hydrogen-bond donors (Lipinski definition) is 0. The van der Waals surface area contributed by atoms with Crippen LogP contribution < -0.4 is 9.47 Å². The molecular formula is C15H23N5O2. The molecule has 7 nitrogen and oxygen atoms in total. The second-order valence-electron chi connectivity index (χ2n) is 4.81. The predicted octanol–water partition coefficient (Wildman–Crippen LogP) is 1.70. The molecule has 0 amide bonds. The number of rotatable bonds is 8. The van der Waals surface area contributed by atoms with E-state index >= 15 is 0 Å². The van der Waals surface area contributed by atoms with Gasteiger partial charge in [0.1, 0.15) is 0 Å². The standard InChI is InChI=1S/C15H23N5O2/c1-5-19(6-2)9-10-20-17-15(16-18-20)12-7-8-13(21-3)14(11-12)22-4/h7-8,11H,5-6,9-10H2,1-4H3. The maximum absolute atomic E-state index is 5.30. The second kappa shape index (κ2) is 7.74. The first-order valence-electron chi connectivity index (χ1n) is 7.44. The normalized spacial score (nSPS) is 11.0. The molecule has 1 aromatic heterocycles. The van der Waals surface area contributed by atoms with Crippen LogP contribution in [0.5, 0.6) is 11.5 Å². The molecule has 0 bridgehead atoms. The maximum Gasteiger partial charge on any atom is 0.205 e. The summed E-state index contributed by atoms with van der Waals surface area (Å²) in [5, 5.41) is 12.6. The lowest BCUT2D eigenvalue weighted by Gasteiger charge is -2.16. The van der Waals surface area contributed by atoms with E-state index in [0.717, 1.165) is 31.7 Å². The molecule has 22 heavy (non-hydrogen) atoms. The van der Waals surface area contributed by atoms with Gasteiger partial charge in [-0.15, -0.1) is 10.2 Å².